The lowest BCUT2D eigenvalue weighted by Gasteiger charge is -2.10. The van der Waals surface area contributed by atoms with Crippen LogP contribution in [0, 0.1) is 22.9 Å². The first-order valence-electron chi connectivity index (χ1n) is 5.66. The first kappa shape index (κ1) is 13.7. The molecular weight excluding hydrogens is 265 g/mol. The van der Waals surface area contributed by atoms with Gasteiger partial charge in [-0.2, -0.15) is 0 Å². The van der Waals surface area contributed by atoms with Crippen LogP contribution in [0.1, 0.15) is 5.56 Å². The predicted molar refractivity (Wildman–Crippen MR) is 73.1 cm³/mol. The van der Waals surface area contributed by atoms with Crippen molar-refractivity contribution in [1.82, 2.24) is 4.98 Å². The summed E-state index contributed by atoms with van der Waals surface area (Å²) >= 11 is 0. The van der Waals surface area contributed by atoms with Gasteiger partial charge in [-0.25, -0.2) is 15.2 Å². The number of para-hydroxylation sites is 1. The molecule has 0 fully saturated rings. The minimum atomic E-state index is -0.581. The van der Waals surface area contributed by atoms with E-state index in [1.54, 1.807) is 19.1 Å². The maximum atomic E-state index is 13.7. The van der Waals surface area contributed by atoms with Crippen LogP contribution in [0.25, 0.3) is 0 Å². The van der Waals surface area contributed by atoms with E-state index in [0.29, 0.717) is 5.56 Å². The summed E-state index contributed by atoms with van der Waals surface area (Å²) in [4.78, 5) is 14.2. The standard InChI is InChI=1S/C12H12FN5O2/c1-7-3-2-4-9(13)12(7)16-10-5-8(18(19)20)6-11(15-10)17-14/h2-6H,14H2,1H3,(H2,15,16,17). The molecule has 0 saturated heterocycles. The van der Waals surface area contributed by atoms with E-state index in [0.717, 1.165) is 0 Å². The van der Waals surface area contributed by atoms with Crippen LogP contribution in [0.3, 0.4) is 0 Å². The average molecular weight is 277 g/mol. The summed E-state index contributed by atoms with van der Waals surface area (Å²) in [5.74, 6) is 4.96. The van der Waals surface area contributed by atoms with E-state index >= 15 is 0 Å². The van der Waals surface area contributed by atoms with Gasteiger partial charge in [-0.05, 0) is 18.6 Å². The van der Waals surface area contributed by atoms with Crippen LogP contribution in [0.2, 0.25) is 0 Å². The molecule has 0 unspecified atom stereocenters. The highest BCUT2D eigenvalue weighted by atomic mass is 19.1. The molecule has 1 heterocycles. The molecule has 0 spiro atoms. The lowest BCUT2D eigenvalue weighted by Crippen LogP contribution is -2.10. The molecule has 2 aromatic rings. The molecule has 0 aliphatic heterocycles. The summed E-state index contributed by atoms with van der Waals surface area (Å²) in [6, 6.07) is 6.95. The van der Waals surface area contributed by atoms with Crippen molar-refractivity contribution in [3.05, 3.63) is 51.8 Å². The van der Waals surface area contributed by atoms with E-state index in [1.807, 2.05) is 0 Å². The predicted octanol–water partition coefficient (Wildman–Crippen LogP) is 2.47. The van der Waals surface area contributed by atoms with Crippen LogP contribution in [0.5, 0.6) is 0 Å². The highest BCUT2D eigenvalue weighted by Gasteiger charge is 2.13. The number of rotatable bonds is 4. The van der Waals surface area contributed by atoms with Gasteiger partial charge in [-0.15, -0.1) is 0 Å². The number of hydrazine groups is 1. The second-order valence-corrected chi connectivity index (χ2v) is 4.05. The van der Waals surface area contributed by atoms with E-state index in [1.165, 1.54) is 18.2 Å². The maximum Gasteiger partial charge on any atom is 0.276 e. The molecule has 0 saturated carbocycles. The fourth-order valence-corrected chi connectivity index (χ4v) is 1.68. The van der Waals surface area contributed by atoms with Crippen molar-refractivity contribution in [3.8, 4) is 0 Å². The lowest BCUT2D eigenvalue weighted by molar-refractivity contribution is -0.384. The topological polar surface area (TPSA) is 106 Å². The molecule has 20 heavy (non-hydrogen) atoms. The number of aromatic nitrogens is 1. The van der Waals surface area contributed by atoms with Crippen molar-refractivity contribution in [3.63, 3.8) is 0 Å². The summed E-state index contributed by atoms with van der Waals surface area (Å²) < 4.78 is 13.7. The van der Waals surface area contributed by atoms with Gasteiger partial charge in [-0.3, -0.25) is 10.1 Å². The lowest BCUT2D eigenvalue weighted by atomic mass is 10.2. The number of hydrogen-bond donors (Lipinski definition) is 3. The van der Waals surface area contributed by atoms with Crippen LogP contribution in [-0.2, 0) is 0 Å². The smallest absolute Gasteiger partial charge is 0.276 e. The number of nitrogens with two attached hydrogens (primary N) is 1. The van der Waals surface area contributed by atoms with Gasteiger partial charge in [0.25, 0.3) is 5.69 Å². The van der Waals surface area contributed by atoms with Gasteiger partial charge in [-0.1, -0.05) is 12.1 Å². The van der Waals surface area contributed by atoms with Crippen LogP contribution in [0.4, 0.5) is 27.4 Å². The normalized spacial score (nSPS) is 10.2. The molecule has 4 N–H and O–H groups in total. The highest BCUT2D eigenvalue weighted by molar-refractivity contribution is 5.64. The third kappa shape index (κ3) is 2.81. The molecule has 0 radical (unpaired) electrons. The fourth-order valence-electron chi connectivity index (χ4n) is 1.68. The molecule has 0 amide bonds. The Balaban J connectivity index is 2.43. The number of nitro groups is 1. The minimum absolute atomic E-state index is 0.107. The molecular formula is C12H12FN5O2. The van der Waals surface area contributed by atoms with Gasteiger partial charge in [0.15, 0.2) is 0 Å². The quantitative estimate of drug-likeness (QED) is 0.450. The van der Waals surface area contributed by atoms with Gasteiger partial charge in [0.05, 0.1) is 22.7 Å². The molecule has 0 aliphatic carbocycles. The molecule has 8 heteroatoms. The van der Waals surface area contributed by atoms with E-state index < -0.39 is 10.7 Å². The van der Waals surface area contributed by atoms with Gasteiger partial charge in [0, 0.05) is 0 Å². The third-order valence-electron chi connectivity index (χ3n) is 2.64. The Morgan fingerprint density at radius 3 is 2.65 bits per heavy atom. The van der Waals surface area contributed by atoms with Crippen molar-refractivity contribution in [2.75, 3.05) is 10.7 Å². The molecule has 1 aromatic carbocycles. The van der Waals surface area contributed by atoms with E-state index in [2.05, 4.69) is 15.7 Å². The summed E-state index contributed by atoms with van der Waals surface area (Å²) in [6.45, 7) is 1.71. The van der Waals surface area contributed by atoms with Crippen LogP contribution < -0.4 is 16.6 Å². The number of anilines is 3. The van der Waals surface area contributed by atoms with Gasteiger partial charge >= 0.3 is 0 Å². The maximum absolute atomic E-state index is 13.7. The third-order valence-corrected chi connectivity index (χ3v) is 2.64. The van der Waals surface area contributed by atoms with Crippen molar-refractivity contribution in [1.29, 1.82) is 0 Å². The van der Waals surface area contributed by atoms with Crippen molar-refractivity contribution in [2.24, 2.45) is 5.84 Å². The van der Waals surface area contributed by atoms with Gasteiger partial charge in [0.2, 0.25) is 0 Å². The number of hydrogen-bond acceptors (Lipinski definition) is 6. The van der Waals surface area contributed by atoms with E-state index in [-0.39, 0.29) is 23.0 Å². The second-order valence-electron chi connectivity index (χ2n) is 4.05. The zero-order valence-electron chi connectivity index (χ0n) is 10.6. The summed E-state index contributed by atoms with van der Waals surface area (Å²) in [7, 11) is 0. The molecule has 1 aromatic heterocycles. The van der Waals surface area contributed by atoms with E-state index in [4.69, 9.17) is 5.84 Å². The molecule has 0 aliphatic rings. The SMILES string of the molecule is Cc1cccc(F)c1Nc1cc([N+](=O)[O-])cc(NN)n1. The Morgan fingerprint density at radius 2 is 2.05 bits per heavy atom. The number of benzene rings is 1. The number of halogens is 1. The molecule has 0 atom stereocenters. The van der Waals surface area contributed by atoms with Crippen LogP contribution >= 0.6 is 0 Å². The number of nitrogens with one attached hydrogen (secondary N) is 2. The first-order valence-corrected chi connectivity index (χ1v) is 5.66. The molecule has 0 bridgehead atoms. The van der Waals surface area contributed by atoms with Crippen molar-refractivity contribution in [2.45, 2.75) is 6.92 Å². The summed E-state index contributed by atoms with van der Waals surface area (Å²) in [5.41, 5.74) is 2.89. The van der Waals surface area contributed by atoms with Gasteiger partial charge < -0.3 is 10.7 Å². The summed E-state index contributed by atoms with van der Waals surface area (Å²) in [5, 5.41) is 13.5. The van der Waals surface area contributed by atoms with E-state index in [9.17, 15) is 14.5 Å². The summed E-state index contributed by atoms with van der Waals surface area (Å²) in [6.07, 6.45) is 0. The van der Waals surface area contributed by atoms with Crippen molar-refractivity contribution >= 4 is 23.0 Å². The van der Waals surface area contributed by atoms with Crippen LogP contribution in [0.15, 0.2) is 30.3 Å². The highest BCUT2D eigenvalue weighted by Crippen LogP contribution is 2.26. The zero-order valence-corrected chi connectivity index (χ0v) is 10.6. The van der Waals surface area contributed by atoms with Crippen LogP contribution in [-0.4, -0.2) is 9.91 Å². The van der Waals surface area contributed by atoms with Crippen molar-refractivity contribution < 1.29 is 9.31 Å². The Labute approximate surface area is 113 Å². The number of pyridine rings is 1. The number of aryl methyl sites for hydroxylation is 1. The number of nitrogens with zero attached hydrogens (tertiary/aromatic N) is 2. The molecule has 7 nitrogen and oxygen atoms in total. The first-order chi connectivity index (χ1) is 9.51. The average Bonchev–Trinajstić information content (AvgIpc) is 2.42. The Kier molecular flexibility index (Phi) is 3.76. The minimum Gasteiger partial charge on any atom is -0.337 e. The molecule has 104 valence electrons. The Bertz CT molecular complexity index is 642. The fraction of sp³-hybridized carbons (Fsp3) is 0.0833. The largest absolute Gasteiger partial charge is 0.337 e. The monoisotopic (exact) mass is 277 g/mol. The zero-order chi connectivity index (χ0) is 14.7. The Hall–Kier alpha value is -2.74. The second kappa shape index (κ2) is 5.49. The Morgan fingerprint density at radius 1 is 1.35 bits per heavy atom. The van der Waals surface area contributed by atoms with Gasteiger partial charge in [0.1, 0.15) is 17.5 Å². The molecule has 2 rings (SSSR count). The number of nitrogen functional groups attached to an aromatic ring is 1.